The normalized spacial score (nSPS) is 11.4. The molecule has 0 aliphatic heterocycles. The highest BCUT2D eigenvalue weighted by molar-refractivity contribution is 5.08. The van der Waals surface area contributed by atoms with Crippen LogP contribution < -0.4 is 0 Å². The van der Waals surface area contributed by atoms with E-state index in [9.17, 15) is 0 Å². The quantitative estimate of drug-likeness (QED) is 0.146. The van der Waals surface area contributed by atoms with Crippen LogP contribution in [0.1, 0.15) is 128 Å². The standard InChI is InChI=1S/C24H43N3.HNO3/c1-3-4-5-6-7-8-9-10-11-12-13-14-15-16-17-18-20-27-21-19-26-24(27)23(2)22-25;2-1(3)4/h19,21,23H,3-18,20H2,1-2H3;(H,2,3,4). The summed E-state index contributed by atoms with van der Waals surface area (Å²) in [6.07, 6.45) is 26.2. The number of unbranched alkanes of at least 4 members (excludes halogenated alkanes) is 15. The molecule has 0 saturated carbocycles. The topological polar surface area (TPSA) is 105 Å². The third-order valence-electron chi connectivity index (χ3n) is 5.58. The monoisotopic (exact) mass is 436 g/mol. The van der Waals surface area contributed by atoms with Gasteiger partial charge in [0.1, 0.15) is 11.7 Å². The van der Waals surface area contributed by atoms with Crippen LogP contribution >= 0.6 is 0 Å². The van der Waals surface area contributed by atoms with Gasteiger partial charge in [-0.15, -0.1) is 10.1 Å². The number of aromatic nitrogens is 2. The van der Waals surface area contributed by atoms with E-state index in [-0.39, 0.29) is 5.92 Å². The van der Waals surface area contributed by atoms with E-state index in [1.54, 1.807) is 0 Å². The molecule has 0 spiro atoms. The number of rotatable bonds is 18. The van der Waals surface area contributed by atoms with E-state index in [1.165, 1.54) is 103 Å². The van der Waals surface area contributed by atoms with Gasteiger partial charge in [0, 0.05) is 18.9 Å². The molecule has 1 heterocycles. The molecule has 1 unspecified atom stereocenters. The van der Waals surface area contributed by atoms with Crippen LogP contribution in [0.2, 0.25) is 0 Å². The van der Waals surface area contributed by atoms with Gasteiger partial charge in [-0.05, 0) is 13.3 Å². The molecule has 1 atom stereocenters. The number of nitrogens with zero attached hydrogens (tertiary/aromatic N) is 4. The van der Waals surface area contributed by atoms with Crippen molar-refractivity contribution >= 4 is 0 Å². The van der Waals surface area contributed by atoms with Crippen LogP contribution in [0, 0.1) is 21.4 Å². The lowest BCUT2D eigenvalue weighted by Crippen LogP contribution is -2.05. The molecule has 1 N–H and O–H groups in total. The first-order chi connectivity index (χ1) is 15.0. The minimum absolute atomic E-state index is 0.110. The summed E-state index contributed by atoms with van der Waals surface area (Å²) in [7, 11) is 0. The van der Waals surface area contributed by atoms with Crippen molar-refractivity contribution in [3.8, 4) is 6.07 Å². The van der Waals surface area contributed by atoms with Crippen molar-refractivity contribution in [2.24, 2.45) is 0 Å². The Balaban J connectivity index is 0.00000206. The first-order valence-corrected chi connectivity index (χ1v) is 12.3. The highest BCUT2D eigenvalue weighted by Gasteiger charge is 2.10. The van der Waals surface area contributed by atoms with Crippen LogP contribution in [0.5, 0.6) is 0 Å². The van der Waals surface area contributed by atoms with Gasteiger partial charge in [0.2, 0.25) is 0 Å². The zero-order valence-electron chi connectivity index (χ0n) is 19.8. The highest BCUT2D eigenvalue weighted by Crippen LogP contribution is 2.15. The van der Waals surface area contributed by atoms with E-state index in [2.05, 4.69) is 22.5 Å². The van der Waals surface area contributed by atoms with Gasteiger partial charge in [-0.25, -0.2) is 4.98 Å². The molecule has 1 aromatic rings. The first-order valence-electron chi connectivity index (χ1n) is 12.3. The van der Waals surface area contributed by atoms with Crippen molar-refractivity contribution in [1.29, 1.82) is 5.26 Å². The number of imidazole rings is 1. The number of aryl methyl sites for hydroxylation is 1. The molecular weight excluding hydrogens is 392 g/mol. The molecular formula is C24H44N4O3. The summed E-state index contributed by atoms with van der Waals surface area (Å²) in [6.45, 7) is 5.21. The summed E-state index contributed by atoms with van der Waals surface area (Å²) >= 11 is 0. The lowest BCUT2D eigenvalue weighted by atomic mass is 10.0. The Hall–Kier alpha value is -2.10. The zero-order valence-corrected chi connectivity index (χ0v) is 19.8. The van der Waals surface area contributed by atoms with Crippen LogP contribution in [0.15, 0.2) is 12.4 Å². The van der Waals surface area contributed by atoms with Crippen LogP contribution in [0.25, 0.3) is 0 Å². The molecule has 0 fully saturated rings. The molecule has 0 radical (unpaired) electrons. The Kier molecular flexibility index (Phi) is 19.7. The van der Waals surface area contributed by atoms with Gasteiger partial charge in [-0.1, -0.05) is 103 Å². The molecule has 0 amide bonds. The van der Waals surface area contributed by atoms with E-state index in [0.29, 0.717) is 0 Å². The number of nitriles is 1. The molecule has 0 saturated heterocycles. The van der Waals surface area contributed by atoms with Crippen LogP contribution in [-0.4, -0.2) is 19.8 Å². The summed E-state index contributed by atoms with van der Waals surface area (Å²) < 4.78 is 2.15. The second kappa shape index (κ2) is 21.1. The Morgan fingerprint density at radius 2 is 1.35 bits per heavy atom. The van der Waals surface area contributed by atoms with Crippen LogP contribution in [-0.2, 0) is 6.54 Å². The fraction of sp³-hybridized carbons (Fsp3) is 0.833. The van der Waals surface area contributed by atoms with Crippen molar-refractivity contribution in [3.63, 3.8) is 0 Å². The summed E-state index contributed by atoms with van der Waals surface area (Å²) in [5.74, 6) is 0.805. The van der Waals surface area contributed by atoms with Crippen molar-refractivity contribution in [3.05, 3.63) is 28.3 Å². The minimum atomic E-state index is -1.50. The average Bonchev–Trinajstić information content (AvgIpc) is 3.21. The van der Waals surface area contributed by atoms with Gasteiger partial charge < -0.3 is 9.77 Å². The Morgan fingerprint density at radius 1 is 0.968 bits per heavy atom. The van der Waals surface area contributed by atoms with E-state index in [0.717, 1.165) is 12.4 Å². The maximum Gasteiger partial charge on any atom is 0.291 e. The molecule has 0 aliphatic carbocycles. The van der Waals surface area contributed by atoms with Gasteiger partial charge >= 0.3 is 0 Å². The van der Waals surface area contributed by atoms with E-state index < -0.39 is 5.09 Å². The summed E-state index contributed by atoms with van der Waals surface area (Å²) in [4.78, 5) is 12.7. The molecule has 0 bridgehead atoms. The summed E-state index contributed by atoms with van der Waals surface area (Å²) in [5.41, 5.74) is 0. The second-order valence-electron chi connectivity index (χ2n) is 8.37. The lowest BCUT2D eigenvalue weighted by Gasteiger charge is -2.08. The SMILES string of the molecule is CCCCCCCCCCCCCCCCCCn1ccnc1C(C)C#N.O=[N+]([O-])O. The van der Waals surface area contributed by atoms with Crippen molar-refractivity contribution < 1.29 is 10.3 Å². The van der Waals surface area contributed by atoms with Crippen molar-refractivity contribution in [2.45, 2.75) is 129 Å². The minimum Gasteiger partial charge on any atom is -0.334 e. The molecule has 1 aromatic heterocycles. The van der Waals surface area contributed by atoms with Crippen LogP contribution in [0.4, 0.5) is 0 Å². The smallest absolute Gasteiger partial charge is 0.291 e. The van der Waals surface area contributed by atoms with Gasteiger partial charge in [-0.3, -0.25) is 0 Å². The van der Waals surface area contributed by atoms with Gasteiger partial charge in [0.15, 0.2) is 0 Å². The number of hydrogen-bond donors (Lipinski definition) is 1. The third kappa shape index (κ3) is 18.4. The Bertz CT molecular complexity index is 580. The average molecular weight is 437 g/mol. The fourth-order valence-electron chi connectivity index (χ4n) is 3.78. The molecule has 7 nitrogen and oxygen atoms in total. The molecule has 0 aliphatic rings. The van der Waals surface area contributed by atoms with E-state index in [1.807, 2.05) is 19.3 Å². The largest absolute Gasteiger partial charge is 0.334 e. The summed E-state index contributed by atoms with van der Waals surface area (Å²) in [6, 6.07) is 2.28. The Morgan fingerprint density at radius 3 is 1.74 bits per heavy atom. The van der Waals surface area contributed by atoms with E-state index >= 15 is 0 Å². The molecule has 31 heavy (non-hydrogen) atoms. The fourth-order valence-corrected chi connectivity index (χ4v) is 3.78. The van der Waals surface area contributed by atoms with Crippen LogP contribution in [0.3, 0.4) is 0 Å². The predicted molar refractivity (Wildman–Crippen MR) is 125 cm³/mol. The Labute approximate surface area is 189 Å². The van der Waals surface area contributed by atoms with Crippen molar-refractivity contribution in [1.82, 2.24) is 9.55 Å². The second-order valence-corrected chi connectivity index (χ2v) is 8.37. The molecule has 178 valence electrons. The van der Waals surface area contributed by atoms with Gasteiger partial charge in [-0.2, -0.15) is 5.26 Å². The predicted octanol–water partition coefficient (Wildman–Crippen LogP) is 7.42. The maximum absolute atomic E-state index is 9.04. The van der Waals surface area contributed by atoms with Gasteiger partial charge in [0.25, 0.3) is 5.09 Å². The van der Waals surface area contributed by atoms with Gasteiger partial charge in [0.05, 0.1) is 6.07 Å². The lowest BCUT2D eigenvalue weighted by molar-refractivity contribution is -0.742. The molecule has 1 rings (SSSR count). The highest BCUT2D eigenvalue weighted by atomic mass is 16.9. The van der Waals surface area contributed by atoms with E-state index in [4.69, 9.17) is 20.6 Å². The third-order valence-corrected chi connectivity index (χ3v) is 5.58. The molecule has 7 heteroatoms. The zero-order chi connectivity index (χ0) is 23.2. The summed E-state index contributed by atoms with van der Waals surface area (Å²) in [5, 5.41) is 22.7. The first kappa shape index (κ1) is 28.9. The van der Waals surface area contributed by atoms with Crippen molar-refractivity contribution in [2.75, 3.05) is 0 Å². The molecule has 0 aromatic carbocycles. The maximum atomic E-state index is 9.04. The number of hydrogen-bond acceptors (Lipinski definition) is 4.